The number of carbonyl (C=O) groups is 2. The van der Waals surface area contributed by atoms with E-state index < -0.39 is 17.3 Å². The fourth-order valence-corrected chi connectivity index (χ4v) is 2.91. The number of benzene rings is 2. The summed E-state index contributed by atoms with van der Waals surface area (Å²) in [5.41, 5.74) is 0.411. The van der Waals surface area contributed by atoms with Gasteiger partial charge in [-0.2, -0.15) is 9.78 Å². The van der Waals surface area contributed by atoms with Crippen LogP contribution in [0.4, 0.5) is 10.1 Å². The lowest BCUT2D eigenvalue weighted by Crippen LogP contribution is -2.36. The van der Waals surface area contributed by atoms with E-state index in [1.165, 1.54) is 48.3 Å². The van der Waals surface area contributed by atoms with Gasteiger partial charge >= 0.3 is 0 Å². The van der Waals surface area contributed by atoms with Crippen molar-refractivity contribution in [1.82, 2.24) is 14.7 Å². The molecule has 1 aromatic heterocycles. The Bertz CT molecular complexity index is 1120. The van der Waals surface area contributed by atoms with Gasteiger partial charge in [0.1, 0.15) is 11.5 Å². The lowest BCUT2D eigenvalue weighted by Gasteiger charge is -2.17. The highest BCUT2D eigenvalue weighted by molar-refractivity contribution is 9.10. The standard InChI is InChI=1S/C20H16BrFN4O3/c1-25(12-18(27)23-16-5-3-2-4-15(16)21)20(29)17-10-11-19(28)26(24-17)14-8-6-13(22)7-9-14/h2-11H,12H2,1H3,(H,23,27). The van der Waals surface area contributed by atoms with E-state index >= 15 is 0 Å². The maximum absolute atomic E-state index is 13.1. The van der Waals surface area contributed by atoms with E-state index in [2.05, 4.69) is 26.3 Å². The number of amides is 2. The van der Waals surface area contributed by atoms with Crippen LogP contribution < -0.4 is 10.9 Å². The van der Waals surface area contributed by atoms with Crippen molar-refractivity contribution < 1.29 is 14.0 Å². The zero-order valence-corrected chi connectivity index (χ0v) is 16.9. The zero-order chi connectivity index (χ0) is 21.0. The minimum absolute atomic E-state index is 0.0230. The number of rotatable bonds is 5. The summed E-state index contributed by atoms with van der Waals surface area (Å²) in [6.07, 6.45) is 0. The van der Waals surface area contributed by atoms with E-state index in [1.54, 1.807) is 18.2 Å². The Morgan fingerprint density at radius 1 is 1.10 bits per heavy atom. The summed E-state index contributed by atoms with van der Waals surface area (Å²) >= 11 is 3.34. The lowest BCUT2D eigenvalue weighted by molar-refractivity contribution is -0.116. The lowest BCUT2D eigenvalue weighted by atomic mass is 10.3. The largest absolute Gasteiger partial charge is 0.331 e. The van der Waals surface area contributed by atoms with Gasteiger partial charge in [-0.15, -0.1) is 0 Å². The molecule has 7 nitrogen and oxygen atoms in total. The van der Waals surface area contributed by atoms with Crippen molar-refractivity contribution in [2.24, 2.45) is 0 Å². The van der Waals surface area contributed by atoms with E-state index in [4.69, 9.17) is 0 Å². The van der Waals surface area contributed by atoms with E-state index in [-0.39, 0.29) is 18.1 Å². The topological polar surface area (TPSA) is 84.3 Å². The van der Waals surface area contributed by atoms with Crippen LogP contribution in [0.25, 0.3) is 5.69 Å². The van der Waals surface area contributed by atoms with Gasteiger partial charge in [0.15, 0.2) is 0 Å². The van der Waals surface area contributed by atoms with Gasteiger partial charge in [-0.3, -0.25) is 14.4 Å². The molecule has 0 saturated carbocycles. The highest BCUT2D eigenvalue weighted by Crippen LogP contribution is 2.21. The molecule has 0 aliphatic heterocycles. The molecule has 2 amide bonds. The molecular weight excluding hydrogens is 443 g/mol. The average Bonchev–Trinajstić information content (AvgIpc) is 2.70. The summed E-state index contributed by atoms with van der Waals surface area (Å²) in [6.45, 7) is -0.211. The first kappa shape index (κ1) is 20.4. The minimum atomic E-state index is -0.539. The Balaban J connectivity index is 1.75. The molecule has 148 valence electrons. The molecule has 0 unspecified atom stereocenters. The van der Waals surface area contributed by atoms with Crippen LogP contribution in [0.2, 0.25) is 0 Å². The Labute approximate surface area is 173 Å². The molecular formula is C20H16BrFN4O3. The van der Waals surface area contributed by atoms with Crippen LogP contribution in [0.3, 0.4) is 0 Å². The number of anilines is 1. The third-order valence-electron chi connectivity index (χ3n) is 3.97. The number of hydrogen-bond donors (Lipinski definition) is 1. The number of aromatic nitrogens is 2. The second-order valence-electron chi connectivity index (χ2n) is 6.13. The number of hydrogen-bond acceptors (Lipinski definition) is 4. The predicted molar refractivity (Wildman–Crippen MR) is 110 cm³/mol. The summed E-state index contributed by atoms with van der Waals surface area (Å²) in [6, 6.07) is 14.7. The molecule has 0 radical (unpaired) electrons. The molecule has 0 saturated heterocycles. The molecule has 1 heterocycles. The van der Waals surface area contributed by atoms with E-state index in [0.29, 0.717) is 11.4 Å². The average molecular weight is 459 g/mol. The Morgan fingerprint density at radius 3 is 2.48 bits per heavy atom. The fraction of sp³-hybridized carbons (Fsp3) is 0.100. The zero-order valence-electron chi connectivity index (χ0n) is 15.3. The highest BCUT2D eigenvalue weighted by Gasteiger charge is 2.18. The van der Waals surface area contributed by atoms with E-state index in [1.807, 2.05) is 6.07 Å². The van der Waals surface area contributed by atoms with Gasteiger partial charge in [0, 0.05) is 17.6 Å². The number of nitrogens with one attached hydrogen (secondary N) is 1. The SMILES string of the molecule is CN(CC(=O)Nc1ccccc1Br)C(=O)c1ccc(=O)n(-c2ccc(F)cc2)n1. The number of halogens is 2. The van der Waals surface area contributed by atoms with Crippen LogP contribution >= 0.6 is 15.9 Å². The molecule has 29 heavy (non-hydrogen) atoms. The molecule has 9 heteroatoms. The molecule has 2 aromatic carbocycles. The second kappa shape index (κ2) is 8.78. The molecule has 0 fully saturated rings. The molecule has 0 aliphatic rings. The first-order valence-electron chi connectivity index (χ1n) is 8.51. The van der Waals surface area contributed by atoms with Crippen molar-refractivity contribution in [3.8, 4) is 5.69 Å². The minimum Gasteiger partial charge on any atom is -0.331 e. The Morgan fingerprint density at radius 2 is 1.79 bits per heavy atom. The summed E-state index contributed by atoms with van der Waals surface area (Å²) in [5.74, 6) is -1.38. The van der Waals surface area contributed by atoms with Gasteiger partial charge in [-0.05, 0) is 58.4 Å². The van der Waals surface area contributed by atoms with Gasteiger partial charge in [0.2, 0.25) is 5.91 Å². The monoisotopic (exact) mass is 458 g/mol. The van der Waals surface area contributed by atoms with Gasteiger partial charge in [0.05, 0.1) is 17.9 Å². The molecule has 0 spiro atoms. The fourth-order valence-electron chi connectivity index (χ4n) is 2.53. The van der Waals surface area contributed by atoms with Gasteiger partial charge in [-0.1, -0.05) is 12.1 Å². The molecule has 3 rings (SSSR count). The third kappa shape index (κ3) is 4.94. The summed E-state index contributed by atoms with van der Waals surface area (Å²) in [4.78, 5) is 38.2. The van der Waals surface area contributed by atoms with Crippen molar-refractivity contribution in [2.75, 3.05) is 18.9 Å². The third-order valence-corrected chi connectivity index (χ3v) is 4.66. The van der Waals surface area contributed by atoms with Crippen LogP contribution in [0.1, 0.15) is 10.5 Å². The predicted octanol–water partition coefficient (Wildman–Crippen LogP) is 2.84. The quantitative estimate of drug-likeness (QED) is 0.636. The highest BCUT2D eigenvalue weighted by atomic mass is 79.9. The number of carbonyl (C=O) groups excluding carboxylic acids is 2. The van der Waals surface area contributed by atoms with E-state index in [0.717, 1.165) is 9.15 Å². The number of nitrogens with zero attached hydrogens (tertiary/aromatic N) is 3. The van der Waals surface area contributed by atoms with Crippen LogP contribution in [0, 0.1) is 5.82 Å². The first-order chi connectivity index (χ1) is 13.8. The molecule has 1 N–H and O–H groups in total. The van der Waals surface area contributed by atoms with Crippen molar-refractivity contribution in [3.05, 3.63) is 87.0 Å². The van der Waals surface area contributed by atoms with Crippen LogP contribution in [-0.2, 0) is 4.79 Å². The van der Waals surface area contributed by atoms with Crippen molar-refractivity contribution >= 4 is 33.4 Å². The summed E-state index contributed by atoms with van der Waals surface area (Å²) in [7, 11) is 1.46. The van der Waals surface area contributed by atoms with Gasteiger partial charge in [-0.25, -0.2) is 4.39 Å². The normalized spacial score (nSPS) is 10.4. The number of para-hydroxylation sites is 1. The summed E-state index contributed by atoms with van der Waals surface area (Å²) < 4.78 is 14.8. The molecule has 0 aliphatic carbocycles. The second-order valence-corrected chi connectivity index (χ2v) is 6.99. The van der Waals surface area contributed by atoms with Crippen LogP contribution in [0.5, 0.6) is 0 Å². The Kier molecular flexibility index (Phi) is 6.18. The van der Waals surface area contributed by atoms with Gasteiger partial charge in [0.25, 0.3) is 11.5 Å². The summed E-state index contributed by atoms with van der Waals surface area (Å²) in [5, 5.41) is 6.76. The first-order valence-corrected chi connectivity index (χ1v) is 9.30. The molecule has 3 aromatic rings. The Hall–Kier alpha value is -3.33. The van der Waals surface area contributed by atoms with Crippen molar-refractivity contribution in [1.29, 1.82) is 0 Å². The molecule has 0 atom stereocenters. The maximum Gasteiger partial charge on any atom is 0.274 e. The van der Waals surface area contributed by atoms with E-state index in [9.17, 15) is 18.8 Å². The maximum atomic E-state index is 13.1. The van der Waals surface area contributed by atoms with Crippen molar-refractivity contribution in [2.45, 2.75) is 0 Å². The van der Waals surface area contributed by atoms with Crippen LogP contribution in [0.15, 0.2) is 69.9 Å². The number of likely N-dealkylation sites (N-methyl/N-ethyl adjacent to an activating group) is 1. The molecule has 0 bridgehead atoms. The van der Waals surface area contributed by atoms with Gasteiger partial charge < -0.3 is 10.2 Å². The smallest absolute Gasteiger partial charge is 0.274 e. The van der Waals surface area contributed by atoms with Crippen molar-refractivity contribution in [3.63, 3.8) is 0 Å². The van der Waals surface area contributed by atoms with Crippen LogP contribution in [-0.4, -0.2) is 40.1 Å².